The van der Waals surface area contributed by atoms with E-state index in [2.05, 4.69) is 25.8 Å². The van der Waals surface area contributed by atoms with Crippen molar-refractivity contribution in [2.75, 3.05) is 12.3 Å². The Morgan fingerprint density at radius 3 is 2.72 bits per heavy atom. The third kappa shape index (κ3) is 5.67. The molecule has 1 aromatic rings. The maximum absolute atomic E-state index is 11.4. The second-order valence-electron chi connectivity index (χ2n) is 4.14. The highest BCUT2D eigenvalue weighted by molar-refractivity contribution is 7.99. The highest BCUT2D eigenvalue weighted by Crippen LogP contribution is 2.10. The molecule has 3 N–H and O–H groups in total. The number of thioether (sulfide) groups is 1. The van der Waals surface area contributed by atoms with Gasteiger partial charge in [0.15, 0.2) is 0 Å². The van der Waals surface area contributed by atoms with Crippen molar-refractivity contribution in [2.45, 2.75) is 25.9 Å². The Kier molecular flexibility index (Phi) is 5.63. The van der Waals surface area contributed by atoms with Gasteiger partial charge in [0.1, 0.15) is 5.82 Å². The van der Waals surface area contributed by atoms with Gasteiger partial charge in [-0.05, 0) is 12.8 Å². The Bertz CT molecular complexity index is 418. The highest BCUT2D eigenvalue weighted by atomic mass is 32.2. The molecule has 0 aliphatic rings. The van der Waals surface area contributed by atoms with Gasteiger partial charge in [0.05, 0.1) is 5.75 Å². The molecule has 0 aliphatic heterocycles. The topological polar surface area (TPSA) is 99.8 Å². The molecular weight excluding hydrogens is 254 g/mol. The van der Waals surface area contributed by atoms with E-state index < -0.39 is 6.03 Å². The number of carbonyl (C=O) groups is 2. The molecule has 8 heteroatoms. The number of urea groups is 1. The Morgan fingerprint density at radius 1 is 1.44 bits per heavy atom. The molecule has 7 nitrogen and oxygen atoms in total. The number of aromatic amines is 1. The zero-order valence-electron chi connectivity index (χ0n) is 10.6. The Labute approximate surface area is 110 Å². The first kappa shape index (κ1) is 14.5. The summed E-state index contributed by atoms with van der Waals surface area (Å²) < 4.78 is 0. The summed E-state index contributed by atoms with van der Waals surface area (Å²) in [6.07, 6.45) is 0. The van der Waals surface area contributed by atoms with E-state index in [1.54, 1.807) is 6.92 Å². The van der Waals surface area contributed by atoms with Crippen LogP contribution in [-0.4, -0.2) is 39.4 Å². The van der Waals surface area contributed by atoms with E-state index in [9.17, 15) is 9.59 Å². The van der Waals surface area contributed by atoms with Crippen LogP contribution in [0.2, 0.25) is 0 Å². The standard InChI is InChI=1S/C10H17N5O2S/c1-6(2)4-11-9(17)13-8(16)5-18-10-12-7(3)14-15-10/h6H,4-5H2,1-3H3,(H,12,14,15)(H2,11,13,16,17). The quantitative estimate of drug-likeness (QED) is 0.684. The summed E-state index contributed by atoms with van der Waals surface area (Å²) in [7, 11) is 0. The van der Waals surface area contributed by atoms with Crippen LogP contribution in [0.4, 0.5) is 4.79 Å². The molecule has 0 radical (unpaired) electrons. The van der Waals surface area contributed by atoms with Gasteiger partial charge in [-0.1, -0.05) is 25.6 Å². The maximum Gasteiger partial charge on any atom is 0.321 e. The van der Waals surface area contributed by atoms with Gasteiger partial charge in [-0.3, -0.25) is 15.2 Å². The molecule has 0 aliphatic carbocycles. The van der Waals surface area contributed by atoms with E-state index in [1.807, 2.05) is 13.8 Å². The predicted molar refractivity (Wildman–Crippen MR) is 68.2 cm³/mol. The lowest BCUT2D eigenvalue weighted by molar-refractivity contribution is -0.117. The van der Waals surface area contributed by atoms with Crippen molar-refractivity contribution in [3.63, 3.8) is 0 Å². The molecule has 0 unspecified atom stereocenters. The third-order valence-corrected chi connectivity index (χ3v) is 2.68. The number of imide groups is 1. The van der Waals surface area contributed by atoms with Crippen molar-refractivity contribution >= 4 is 23.7 Å². The summed E-state index contributed by atoms with van der Waals surface area (Å²) in [5.74, 6) is 0.764. The average Bonchev–Trinajstić information content (AvgIpc) is 2.70. The van der Waals surface area contributed by atoms with Crippen LogP contribution < -0.4 is 10.6 Å². The molecular formula is C10H17N5O2S. The van der Waals surface area contributed by atoms with Crippen LogP contribution >= 0.6 is 11.8 Å². The Morgan fingerprint density at radius 2 is 2.17 bits per heavy atom. The molecule has 3 amide bonds. The van der Waals surface area contributed by atoms with Crippen molar-refractivity contribution in [1.82, 2.24) is 25.8 Å². The number of amides is 3. The molecule has 18 heavy (non-hydrogen) atoms. The van der Waals surface area contributed by atoms with Crippen LogP contribution in [0.5, 0.6) is 0 Å². The molecule has 0 atom stereocenters. The van der Waals surface area contributed by atoms with Gasteiger partial charge in [0, 0.05) is 6.54 Å². The maximum atomic E-state index is 11.4. The summed E-state index contributed by atoms with van der Waals surface area (Å²) in [5.41, 5.74) is 0. The van der Waals surface area contributed by atoms with Crippen LogP contribution in [0.3, 0.4) is 0 Å². The highest BCUT2D eigenvalue weighted by Gasteiger charge is 2.09. The predicted octanol–water partition coefficient (Wildman–Crippen LogP) is 0.687. The van der Waals surface area contributed by atoms with Gasteiger partial charge in [-0.2, -0.15) is 0 Å². The van der Waals surface area contributed by atoms with Gasteiger partial charge < -0.3 is 5.32 Å². The van der Waals surface area contributed by atoms with E-state index in [1.165, 1.54) is 11.8 Å². The van der Waals surface area contributed by atoms with E-state index in [4.69, 9.17) is 0 Å². The lowest BCUT2D eigenvalue weighted by atomic mass is 10.2. The SMILES string of the molecule is Cc1nc(SCC(=O)NC(=O)NCC(C)C)n[nH]1. The normalized spacial score (nSPS) is 10.4. The number of hydrogen-bond acceptors (Lipinski definition) is 5. The van der Waals surface area contributed by atoms with E-state index in [0.717, 1.165) is 0 Å². The number of nitrogens with zero attached hydrogens (tertiary/aromatic N) is 2. The fourth-order valence-electron chi connectivity index (χ4n) is 1.02. The molecule has 1 aromatic heterocycles. The fraction of sp³-hybridized carbons (Fsp3) is 0.600. The van der Waals surface area contributed by atoms with Crippen LogP contribution in [0.1, 0.15) is 19.7 Å². The summed E-state index contributed by atoms with van der Waals surface area (Å²) >= 11 is 1.17. The van der Waals surface area contributed by atoms with E-state index in [-0.39, 0.29) is 11.7 Å². The summed E-state index contributed by atoms with van der Waals surface area (Å²) in [6, 6.07) is -0.472. The van der Waals surface area contributed by atoms with Crippen molar-refractivity contribution in [3.8, 4) is 0 Å². The second kappa shape index (κ2) is 7.00. The van der Waals surface area contributed by atoms with Gasteiger partial charge in [0.25, 0.3) is 0 Å². The molecule has 0 saturated heterocycles. The van der Waals surface area contributed by atoms with E-state index in [0.29, 0.717) is 23.4 Å². The Balaban J connectivity index is 2.23. The number of H-pyrrole nitrogens is 1. The van der Waals surface area contributed by atoms with Gasteiger partial charge >= 0.3 is 6.03 Å². The minimum Gasteiger partial charge on any atom is -0.338 e. The number of aromatic nitrogens is 3. The van der Waals surface area contributed by atoms with Crippen LogP contribution in [-0.2, 0) is 4.79 Å². The van der Waals surface area contributed by atoms with Crippen molar-refractivity contribution < 1.29 is 9.59 Å². The number of carbonyl (C=O) groups excluding carboxylic acids is 2. The van der Waals surface area contributed by atoms with Gasteiger partial charge in [0.2, 0.25) is 11.1 Å². The molecule has 0 bridgehead atoms. The Hall–Kier alpha value is -1.57. The average molecular weight is 271 g/mol. The molecule has 1 heterocycles. The lowest BCUT2D eigenvalue weighted by Gasteiger charge is -2.07. The van der Waals surface area contributed by atoms with Gasteiger partial charge in [-0.15, -0.1) is 5.10 Å². The van der Waals surface area contributed by atoms with Crippen molar-refractivity contribution in [3.05, 3.63) is 5.82 Å². The third-order valence-electron chi connectivity index (χ3n) is 1.83. The van der Waals surface area contributed by atoms with Crippen LogP contribution in [0, 0.1) is 12.8 Å². The largest absolute Gasteiger partial charge is 0.338 e. The fourth-order valence-corrected chi connectivity index (χ4v) is 1.66. The monoisotopic (exact) mass is 271 g/mol. The first-order valence-corrected chi connectivity index (χ1v) is 6.55. The van der Waals surface area contributed by atoms with Crippen molar-refractivity contribution in [1.29, 1.82) is 0 Å². The first-order chi connectivity index (χ1) is 8.47. The number of hydrogen-bond donors (Lipinski definition) is 3. The van der Waals surface area contributed by atoms with E-state index >= 15 is 0 Å². The number of nitrogens with one attached hydrogen (secondary N) is 3. The van der Waals surface area contributed by atoms with Crippen molar-refractivity contribution in [2.24, 2.45) is 5.92 Å². The zero-order valence-corrected chi connectivity index (χ0v) is 11.4. The smallest absolute Gasteiger partial charge is 0.321 e. The molecule has 100 valence electrons. The minimum absolute atomic E-state index is 0.104. The molecule has 1 rings (SSSR count). The summed E-state index contributed by atoms with van der Waals surface area (Å²) in [4.78, 5) is 26.7. The minimum atomic E-state index is -0.472. The molecule has 0 aromatic carbocycles. The number of aryl methyl sites for hydroxylation is 1. The number of rotatable bonds is 5. The molecule has 0 saturated carbocycles. The zero-order chi connectivity index (χ0) is 13.5. The van der Waals surface area contributed by atoms with Crippen LogP contribution in [0.25, 0.3) is 0 Å². The lowest BCUT2D eigenvalue weighted by Crippen LogP contribution is -2.41. The summed E-state index contributed by atoms with van der Waals surface area (Å²) in [6.45, 7) is 6.26. The first-order valence-electron chi connectivity index (χ1n) is 5.57. The molecule has 0 spiro atoms. The second-order valence-corrected chi connectivity index (χ2v) is 5.09. The van der Waals surface area contributed by atoms with Gasteiger partial charge in [-0.25, -0.2) is 9.78 Å². The summed E-state index contributed by atoms with van der Waals surface area (Å²) in [5, 5.41) is 11.9. The van der Waals surface area contributed by atoms with Crippen LogP contribution in [0.15, 0.2) is 5.16 Å². The molecule has 0 fully saturated rings.